The van der Waals surface area contributed by atoms with Gasteiger partial charge in [0.05, 0.1) is 18.8 Å². The molecule has 0 aliphatic carbocycles. The first-order valence-electron chi connectivity index (χ1n) is 3.96. The highest BCUT2D eigenvalue weighted by molar-refractivity contribution is 7.92. The van der Waals surface area contributed by atoms with E-state index in [9.17, 15) is 0 Å². The summed E-state index contributed by atoms with van der Waals surface area (Å²) in [6.07, 6.45) is 2.08. The van der Waals surface area contributed by atoms with Gasteiger partial charge in [0.15, 0.2) is 0 Å². The highest BCUT2D eigenvalue weighted by Crippen LogP contribution is 2.03. The van der Waals surface area contributed by atoms with Crippen LogP contribution in [0.3, 0.4) is 0 Å². The second-order valence-electron chi connectivity index (χ2n) is 2.51. The standard InChI is InChI=1S/C9H13NOS/c10-12-11-8-4-7-9-5-2-1-3-6-9/h1-3,5-6H,4,7-8,10H2. The Bertz CT molecular complexity index is 203. The van der Waals surface area contributed by atoms with Crippen molar-refractivity contribution in [2.24, 2.45) is 5.14 Å². The van der Waals surface area contributed by atoms with E-state index in [1.165, 1.54) is 5.56 Å². The zero-order chi connectivity index (χ0) is 8.65. The number of nitrogens with two attached hydrogens (primary N) is 1. The molecule has 0 saturated carbocycles. The highest BCUT2D eigenvalue weighted by atomic mass is 32.2. The minimum Gasteiger partial charge on any atom is -0.301 e. The molecular weight excluding hydrogens is 170 g/mol. The van der Waals surface area contributed by atoms with Crippen molar-refractivity contribution in [1.82, 2.24) is 0 Å². The van der Waals surface area contributed by atoms with Gasteiger partial charge in [-0.15, -0.1) is 0 Å². The van der Waals surface area contributed by atoms with Gasteiger partial charge in [0.25, 0.3) is 0 Å². The Morgan fingerprint density at radius 1 is 1.25 bits per heavy atom. The Morgan fingerprint density at radius 3 is 2.67 bits per heavy atom. The molecule has 66 valence electrons. The van der Waals surface area contributed by atoms with Crippen LogP contribution in [0.2, 0.25) is 0 Å². The van der Waals surface area contributed by atoms with Gasteiger partial charge in [0.2, 0.25) is 0 Å². The minimum absolute atomic E-state index is 0.718. The lowest BCUT2D eigenvalue weighted by Crippen LogP contribution is -1.93. The zero-order valence-electron chi connectivity index (χ0n) is 6.90. The summed E-state index contributed by atoms with van der Waals surface area (Å²) >= 11 is 0.937. The first kappa shape index (κ1) is 9.58. The maximum absolute atomic E-state index is 5.10. The second kappa shape index (κ2) is 6.06. The Hall–Kier alpha value is -0.510. The molecule has 0 radical (unpaired) electrons. The van der Waals surface area contributed by atoms with Crippen LogP contribution in [0.5, 0.6) is 0 Å². The average molecular weight is 183 g/mol. The summed E-state index contributed by atoms with van der Waals surface area (Å²) < 4.78 is 4.95. The van der Waals surface area contributed by atoms with Crippen LogP contribution < -0.4 is 5.14 Å². The third-order valence-electron chi connectivity index (χ3n) is 1.60. The van der Waals surface area contributed by atoms with Crippen LogP contribution in [0.4, 0.5) is 0 Å². The van der Waals surface area contributed by atoms with Gasteiger partial charge < -0.3 is 4.18 Å². The largest absolute Gasteiger partial charge is 0.301 e. The van der Waals surface area contributed by atoms with Gasteiger partial charge in [-0.2, -0.15) is 0 Å². The predicted octanol–water partition coefficient (Wildman–Crippen LogP) is 2.16. The molecule has 2 nitrogen and oxygen atoms in total. The summed E-state index contributed by atoms with van der Waals surface area (Å²) in [5, 5.41) is 5.10. The van der Waals surface area contributed by atoms with Crippen molar-refractivity contribution in [2.45, 2.75) is 12.8 Å². The molecule has 0 heterocycles. The smallest absolute Gasteiger partial charge is 0.0758 e. The van der Waals surface area contributed by atoms with Gasteiger partial charge in [-0.3, -0.25) is 5.14 Å². The molecule has 0 amide bonds. The van der Waals surface area contributed by atoms with E-state index in [1.807, 2.05) is 18.2 Å². The SMILES string of the molecule is NSOCCCc1ccccc1. The predicted molar refractivity (Wildman–Crippen MR) is 52.5 cm³/mol. The average Bonchev–Trinajstić information content (AvgIpc) is 2.14. The number of hydrogen-bond donors (Lipinski definition) is 1. The van der Waals surface area contributed by atoms with Crippen molar-refractivity contribution in [3.05, 3.63) is 35.9 Å². The molecule has 0 saturated heterocycles. The molecule has 0 aliphatic heterocycles. The van der Waals surface area contributed by atoms with Crippen LogP contribution in [0.15, 0.2) is 30.3 Å². The first-order chi connectivity index (χ1) is 5.93. The summed E-state index contributed by atoms with van der Waals surface area (Å²) in [6, 6.07) is 10.4. The molecule has 0 aliphatic rings. The topological polar surface area (TPSA) is 35.2 Å². The van der Waals surface area contributed by atoms with Crippen LogP contribution in [0.25, 0.3) is 0 Å². The number of benzene rings is 1. The van der Waals surface area contributed by atoms with E-state index in [4.69, 9.17) is 9.32 Å². The van der Waals surface area contributed by atoms with E-state index < -0.39 is 0 Å². The number of hydrogen-bond acceptors (Lipinski definition) is 3. The third kappa shape index (κ3) is 3.76. The molecule has 0 fully saturated rings. The Balaban J connectivity index is 2.16. The normalized spacial score (nSPS) is 10.1. The zero-order valence-corrected chi connectivity index (χ0v) is 7.72. The number of aryl methyl sites for hydroxylation is 1. The fourth-order valence-electron chi connectivity index (χ4n) is 1.03. The van der Waals surface area contributed by atoms with Gasteiger partial charge in [-0.25, -0.2) is 0 Å². The third-order valence-corrected chi connectivity index (χ3v) is 1.91. The lowest BCUT2D eigenvalue weighted by Gasteiger charge is -1.99. The van der Waals surface area contributed by atoms with E-state index in [1.54, 1.807) is 0 Å². The Kier molecular flexibility index (Phi) is 4.83. The molecule has 2 N–H and O–H groups in total. The van der Waals surface area contributed by atoms with E-state index in [2.05, 4.69) is 12.1 Å². The summed E-state index contributed by atoms with van der Waals surface area (Å²) in [7, 11) is 0. The van der Waals surface area contributed by atoms with Crippen molar-refractivity contribution in [3.8, 4) is 0 Å². The fourth-order valence-corrected chi connectivity index (χ4v) is 1.24. The minimum atomic E-state index is 0.718. The second-order valence-corrected chi connectivity index (χ2v) is 2.94. The molecule has 1 aromatic rings. The molecule has 0 bridgehead atoms. The monoisotopic (exact) mass is 183 g/mol. The molecular formula is C9H13NOS. The molecule has 1 aromatic carbocycles. The van der Waals surface area contributed by atoms with Gasteiger partial charge >= 0.3 is 0 Å². The Labute approximate surface area is 77.4 Å². The molecule has 0 unspecified atom stereocenters. The lowest BCUT2D eigenvalue weighted by atomic mass is 10.1. The van der Waals surface area contributed by atoms with Gasteiger partial charge in [-0.1, -0.05) is 30.3 Å². The van der Waals surface area contributed by atoms with Crippen molar-refractivity contribution in [3.63, 3.8) is 0 Å². The molecule has 0 aromatic heterocycles. The van der Waals surface area contributed by atoms with Crippen molar-refractivity contribution >= 4 is 12.2 Å². The first-order valence-corrected chi connectivity index (χ1v) is 4.76. The summed E-state index contributed by atoms with van der Waals surface area (Å²) in [5.74, 6) is 0. The van der Waals surface area contributed by atoms with Crippen molar-refractivity contribution < 1.29 is 4.18 Å². The highest BCUT2D eigenvalue weighted by Gasteiger charge is 1.91. The molecule has 1 rings (SSSR count). The Morgan fingerprint density at radius 2 is 2.00 bits per heavy atom. The van der Waals surface area contributed by atoms with Crippen molar-refractivity contribution in [1.29, 1.82) is 0 Å². The molecule has 12 heavy (non-hydrogen) atoms. The molecule has 0 spiro atoms. The van der Waals surface area contributed by atoms with Gasteiger partial charge in [-0.05, 0) is 18.4 Å². The van der Waals surface area contributed by atoms with Crippen LogP contribution in [-0.4, -0.2) is 6.61 Å². The fraction of sp³-hybridized carbons (Fsp3) is 0.333. The number of rotatable bonds is 5. The lowest BCUT2D eigenvalue weighted by molar-refractivity contribution is 0.365. The van der Waals surface area contributed by atoms with Crippen LogP contribution >= 0.6 is 12.2 Å². The maximum Gasteiger partial charge on any atom is 0.0758 e. The van der Waals surface area contributed by atoms with E-state index >= 15 is 0 Å². The van der Waals surface area contributed by atoms with Crippen molar-refractivity contribution in [2.75, 3.05) is 6.61 Å². The quantitative estimate of drug-likeness (QED) is 0.431. The van der Waals surface area contributed by atoms with Crippen LogP contribution in [-0.2, 0) is 10.6 Å². The van der Waals surface area contributed by atoms with Crippen LogP contribution in [0, 0.1) is 0 Å². The summed E-state index contributed by atoms with van der Waals surface area (Å²) in [6.45, 7) is 0.718. The molecule has 3 heteroatoms. The van der Waals surface area contributed by atoms with E-state index in [0.29, 0.717) is 0 Å². The van der Waals surface area contributed by atoms with Gasteiger partial charge in [0, 0.05) is 0 Å². The summed E-state index contributed by atoms with van der Waals surface area (Å²) in [4.78, 5) is 0. The van der Waals surface area contributed by atoms with E-state index in [-0.39, 0.29) is 0 Å². The summed E-state index contributed by atoms with van der Waals surface area (Å²) in [5.41, 5.74) is 1.35. The van der Waals surface area contributed by atoms with Gasteiger partial charge in [0.1, 0.15) is 0 Å². The molecule has 0 atom stereocenters. The van der Waals surface area contributed by atoms with E-state index in [0.717, 1.165) is 31.7 Å². The van der Waals surface area contributed by atoms with Crippen LogP contribution in [0.1, 0.15) is 12.0 Å². The maximum atomic E-state index is 5.10.